The van der Waals surface area contributed by atoms with Gasteiger partial charge in [0, 0.05) is 0 Å². The van der Waals surface area contributed by atoms with Gasteiger partial charge < -0.3 is 9.47 Å². The van der Waals surface area contributed by atoms with Crippen molar-refractivity contribution in [3.63, 3.8) is 0 Å². The summed E-state index contributed by atoms with van der Waals surface area (Å²) in [7, 11) is 0. The minimum Gasteiger partial charge on any atom is -0.494 e. The molecule has 214 valence electrons. The van der Waals surface area contributed by atoms with Crippen LogP contribution in [0.15, 0.2) is 103 Å². The lowest BCUT2D eigenvalue weighted by molar-refractivity contribution is 0.309. The Kier molecular flexibility index (Phi) is 7.37. The van der Waals surface area contributed by atoms with Gasteiger partial charge in [-0.15, -0.1) is 0 Å². The van der Waals surface area contributed by atoms with Gasteiger partial charge in [-0.2, -0.15) is 0 Å². The van der Waals surface area contributed by atoms with Gasteiger partial charge in [0.25, 0.3) is 0 Å². The van der Waals surface area contributed by atoms with Gasteiger partial charge in [-0.25, -0.2) is 0 Å². The van der Waals surface area contributed by atoms with Gasteiger partial charge in [0.15, 0.2) is 0 Å². The van der Waals surface area contributed by atoms with Crippen molar-refractivity contribution in [1.29, 1.82) is 0 Å². The Hall–Kier alpha value is -4.56. The third-order valence-electron chi connectivity index (χ3n) is 8.80. The summed E-state index contributed by atoms with van der Waals surface area (Å²) in [5, 5.41) is 5.21. The van der Waals surface area contributed by atoms with Crippen molar-refractivity contribution in [2.24, 2.45) is 0 Å². The molecule has 2 heteroatoms. The molecule has 0 fully saturated rings. The predicted octanol–water partition coefficient (Wildman–Crippen LogP) is 11.6. The van der Waals surface area contributed by atoms with Crippen molar-refractivity contribution in [1.82, 2.24) is 0 Å². The van der Waals surface area contributed by atoms with E-state index in [1.165, 1.54) is 71.6 Å². The zero-order chi connectivity index (χ0) is 29.3. The normalized spacial score (nSPS) is 11.7. The molecule has 0 atom stereocenters. The average molecular weight is 563 g/mol. The Bertz CT molecular complexity index is 1930. The summed E-state index contributed by atoms with van der Waals surface area (Å²) in [6.45, 7) is 8.14. The lowest BCUT2D eigenvalue weighted by Crippen LogP contribution is -1.98. The van der Waals surface area contributed by atoms with E-state index in [1.54, 1.807) is 0 Å². The molecular weight excluding hydrogens is 524 g/mol. The highest BCUT2D eigenvalue weighted by atomic mass is 16.5. The Morgan fingerprint density at radius 3 is 1.56 bits per heavy atom. The number of rotatable bonds is 10. The maximum atomic E-state index is 6.05. The molecule has 0 radical (unpaired) electrons. The van der Waals surface area contributed by atoms with E-state index < -0.39 is 0 Å². The fourth-order valence-electron chi connectivity index (χ4n) is 6.71. The molecule has 7 rings (SSSR count). The molecule has 0 heterocycles. The van der Waals surface area contributed by atoms with Crippen LogP contribution in [0.1, 0.15) is 45.1 Å². The molecule has 0 amide bonds. The van der Waals surface area contributed by atoms with Crippen LogP contribution >= 0.6 is 0 Å². The molecule has 2 nitrogen and oxygen atoms in total. The second kappa shape index (κ2) is 11.6. The zero-order valence-corrected chi connectivity index (χ0v) is 25.4. The maximum Gasteiger partial charge on any atom is 0.119 e. The van der Waals surface area contributed by atoms with Crippen LogP contribution in [-0.2, 0) is 0 Å². The van der Waals surface area contributed by atoms with Gasteiger partial charge in [0.2, 0.25) is 0 Å². The molecule has 0 aromatic heterocycles. The molecule has 43 heavy (non-hydrogen) atoms. The zero-order valence-electron chi connectivity index (χ0n) is 25.4. The molecular formula is C41H38O2. The molecule has 6 aromatic rings. The van der Waals surface area contributed by atoms with Crippen LogP contribution in [0.4, 0.5) is 0 Å². The Balaban J connectivity index is 1.50. The first-order valence-electron chi connectivity index (χ1n) is 15.8. The molecule has 0 saturated heterocycles. The molecule has 0 unspecified atom stereocenters. The number of hydrogen-bond acceptors (Lipinski definition) is 2. The predicted molar refractivity (Wildman–Crippen MR) is 182 cm³/mol. The number of ether oxygens (including phenoxy) is 2. The van der Waals surface area contributed by atoms with E-state index >= 15 is 0 Å². The molecule has 1 aliphatic carbocycles. The summed E-state index contributed by atoms with van der Waals surface area (Å²) in [4.78, 5) is 0. The number of hydrogen-bond donors (Lipinski definition) is 0. The van der Waals surface area contributed by atoms with Crippen molar-refractivity contribution in [3.05, 3.63) is 109 Å². The van der Waals surface area contributed by atoms with E-state index in [0.29, 0.717) is 0 Å². The summed E-state index contributed by atoms with van der Waals surface area (Å²) < 4.78 is 12.1. The Labute approximate surface area is 254 Å². The monoisotopic (exact) mass is 562 g/mol. The number of benzene rings is 6. The average Bonchev–Trinajstić information content (AvgIpc) is 3.37. The summed E-state index contributed by atoms with van der Waals surface area (Å²) in [5.41, 5.74) is 11.6. The highest BCUT2D eigenvalue weighted by Gasteiger charge is 2.30. The van der Waals surface area contributed by atoms with E-state index in [1.807, 2.05) is 0 Å². The number of fused-ring (bicyclic) bond motifs is 4. The Morgan fingerprint density at radius 2 is 1.00 bits per heavy atom. The van der Waals surface area contributed by atoms with E-state index in [2.05, 4.69) is 124 Å². The topological polar surface area (TPSA) is 18.5 Å². The highest BCUT2D eigenvalue weighted by molar-refractivity contribution is 6.27. The fraction of sp³-hybridized carbons (Fsp3) is 0.220. The quantitative estimate of drug-likeness (QED) is 0.154. The minimum atomic E-state index is 0.752. The van der Waals surface area contributed by atoms with Crippen LogP contribution in [0.25, 0.3) is 66.1 Å². The fourth-order valence-corrected chi connectivity index (χ4v) is 6.71. The summed E-state index contributed by atoms with van der Waals surface area (Å²) in [6.07, 6.45) is 4.38. The van der Waals surface area contributed by atoms with E-state index in [9.17, 15) is 0 Å². The van der Waals surface area contributed by atoms with Crippen LogP contribution in [0.2, 0.25) is 0 Å². The van der Waals surface area contributed by atoms with Crippen LogP contribution in [0.3, 0.4) is 0 Å². The van der Waals surface area contributed by atoms with Crippen molar-refractivity contribution in [3.8, 4) is 56.0 Å². The van der Waals surface area contributed by atoms with Crippen molar-refractivity contribution in [2.75, 3.05) is 13.2 Å². The summed E-state index contributed by atoms with van der Waals surface area (Å²) in [5.74, 6) is 1.86. The smallest absolute Gasteiger partial charge is 0.119 e. The molecule has 0 aliphatic heterocycles. The molecule has 0 N–H and O–H groups in total. The summed E-state index contributed by atoms with van der Waals surface area (Å²) in [6, 6.07) is 37.8. The second-order valence-electron chi connectivity index (χ2n) is 11.7. The molecule has 0 spiro atoms. The van der Waals surface area contributed by atoms with Crippen molar-refractivity contribution in [2.45, 2.75) is 46.5 Å². The first-order valence-corrected chi connectivity index (χ1v) is 15.8. The van der Waals surface area contributed by atoms with Crippen LogP contribution in [0.5, 0.6) is 11.5 Å². The largest absolute Gasteiger partial charge is 0.494 e. The van der Waals surface area contributed by atoms with Gasteiger partial charge in [-0.05, 0) is 116 Å². The van der Waals surface area contributed by atoms with E-state index in [-0.39, 0.29) is 0 Å². The van der Waals surface area contributed by atoms with Crippen molar-refractivity contribution < 1.29 is 9.47 Å². The first kappa shape index (κ1) is 27.3. The van der Waals surface area contributed by atoms with Crippen LogP contribution in [-0.4, -0.2) is 13.2 Å². The third-order valence-corrected chi connectivity index (χ3v) is 8.80. The van der Waals surface area contributed by atoms with E-state index in [4.69, 9.17) is 9.47 Å². The first-order chi connectivity index (χ1) is 21.2. The van der Waals surface area contributed by atoms with Gasteiger partial charge in [-0.1, -0.05) is 106 Å². The van der Waals surface area contributed by atoms with Gasteiger partial charge in [0.05, 0.1) is 13.2 Å². The van der Waals surface area contributed by atoms with Gasteiger partial charge in [0.1, 0.15) is 11.5 Å². The molecule has 0 bridgehead atoms. The Morgan fingerprint density at radius 1 is 0.488 bits per heavy atom. The number of unbranched alkanes of at least 4 members (excludes halogenated alkanes) is 2. The van der Waals surface area contributed by atoms with Gasteiger partial charge in [-0.3, -0.25) is 0 Å². The lowest BCUT2D eigenvalue weighted by atomic mass is 9.81. The molecule has 6 aromatic carbocycles. The molecule has 1 aliphatic rings. The summed E-state index contributed by atoms with van der Waals surface area (Å²) >= 11 is 0. The minimum absolute atomic E-state index is 0.752. The SMILES string of the molecule is CCCCOc1ccc(-c2c3c(c(-c4ccc(OCCCC)cc4)c4c(C)cccc24)-c2cccc4cccc-3c24)cc1. The second-order valence-corrected chi connectivity index (χ2v) is 11.7. The maximum absolute atomic E-state index is 6.05. The van der Waals surface area contributed by atoms with Crippen molar-refractivity contribution >= 4 is 21.5 Å². The standard InChI is InChI=1S/C41H38O2/c1-4-6-25-42-31-21-17-29(18-22-31)38-33-14-8-11-27(3)36(33)39(30-19-23-32(24-20-30)43-26-7-5-2)41-35-16-10-13-28-12-9-15-34(37(28)35)40(38)41/h8-24H,4-7,25-26H2,1-3H3. The van der Waals surface area contributed by atoms with Crippen LogP contribution in [0, 0.1) is 6.92 Å². The van der Waals surface area contributed by atoms with Gasteiger partial charge >= 0.3 is 0 Å². The third kappa shape index (κ3) is 4.76. The lowest BCUT2D eigenvalue weighted by Gasteiger charge is -2.22. The van der Waals surface area contributed by atoms with Crippen LogP contribution < -0.4 is 9.47 Å². The molecule has 0 saturated carbocycles. The number of aryl methyl sites for hydroxylation is 1. The van der Waals surface area contributed by atoms with E-state index in [0.717, 1.165) is 50.4 Å². The highest BCUT2D eigenvalue weighted by Crippen LogP contribution is 2.58.